The number of carbonyl (C=O) groups excluding carboxylic acids is 2. The first-order valence-electron chi connectivity index (χ1n) is 9.07. The van der Waals surface area contributed by atoms with Crippen molar-refractivity contribution in [1.29, 1.82) is 0 Å². The lowest BCUT2D eigenvalue weighted by Crippen LogP contribution is -2.19. The monoisotopic (exact) mass is 430 g/mol. The quantitative estimate of drug-likeness (QED) is 0.526. The number of carbonyl (C=O) groups is 2. The minimum Gasteiger partial charge on any atom is -0.322 e. The largest absolute Gasteiger partial charge is 0.322 e. The van der Waals surface area contributed by atoms with Crippen LogP contribution in [0.1, 0.15) is 43.8 Å². The molecule has 0 bridgehead atoms. The van der Waals surface area contributed by atoms with E-state index in [4.69, 9.17) is 11.6 Å². The zero-order chi connectivity index (χ0) is 19.7. The van der Waals surface area contributed by atoms with Gasteiger partial charge in [-0.3, -0.25) is 9.59 Å². The Hall–Kier alpha value is -2.15. The number of benzene rings is 1. The van der Waals surface area contributed by atoms with Gasteiger partial charge in [0.25, 0.3) is 11.8 Å². The Morgan fingerprint density at radius 3 is 2.61 bits per heavy atom. The van der Waals surface area contributed by atoms with Gasteiger partial charge < -0.3 is 10.6 Å². The molecule has 4 nitrogen and oxygen atoms in total. The first kappa shape index (κ1) is 19.2. The second kappa shape index (κ2) is 8.07. The Morgan fingerprint density at radius 2 is 1.89 bits per heavy atom. The van der Waals surface area contributed by atoms with Gasteiger partial charge in [-0.05, 0) is 66.5 Å². The van der Waals surface area contributed by atoms with Crippen LogP contribution in [0.4, 0.5) is 10.7 Å². The van der Waals surface area contributed by atoms with Crippen molar-refractivity contribution in [3.8, 4) is 0 Å². The van der Waals surface area contributed by atoms with Gasteiger partial charge in [0.1, 0.15) is 5.00 Å². The molecule has 1 aliphatic carbocycles. The van der Waals surface area contributed by atoms with Crippen molar-refractivity contribution in [3.05, 3.63) is 67.7 Å². The van der Waals surface area contributed by atoms with Crippen LogP contribution >= 0.6 is 34.3 Å². The first-order valence-corrected chi connectivity index (χ1v) is 11.1. The molecule has 0 fully saturated rings. The SMILES string of the molecule is C[C@@H]1CCc2c(sc(NC(=O)c3cccs3)c2C(=O)Nc2ccc(Cl)cc2)C1. The Balaban J connectivity index is 1.66. The van der Waals surface area contributed by atoms with E-state index >= 15 is 0 Å². The van der Waals surface area contributed by atoms with Crippen LogP contribution in [0.5, 0.6) is 0 Å². The summed E-state index contributed by atoms with van der Waals surface area (Å²) >= 11 is 8.84. The highest BCUT2D eigenvalue weighted by Crippen LogP contribution is 2.40. The van der Waals surface area contributed by atoms with E-state index in [0.29, 0.717) is 32.1 Å². The number of thiophene rings is 2. The highest BCUT2D eigenvalue weighted by molar-refractivity contribution is 7.17. The van der Waals surface area contributed by atoms with Gasteiger partial charge in [0.2, 0.25) is 0 Å². The van der Waals surface area contributed by atoms with Crippen LogP contribution in [0.25, 0.3) is 0 Å². The van der Waals surface area contributed by atoms with E-state index < -0.39 is 0 Å². The van der Waals surface area contributed by atoms with E-state index in [0.717, 1.165) is 24.8 Å². The molecule has 0 aliphatic heterocycles. The fraction of sp³-hybridized carbons (Fsp3) is 0.238. The van der Waals surface area contributed by atoms with Crippen molar-refractivity contribution in [2.24, 2.45) is 5.92 Å². The van der Waals surface area contributed by atoms with Gasteiger partial charge in [0.15, 0.2) is 0 Å². The van der Waals surface area contributed by atoms with Gasteiger partial charge >= 0.3 is 0 Å². The molecule has 2 heterocycles. The summed E-state index contributed by atoms with van der Waals surface area (Å²) in [7, 11) is 0. The third kappa shape index (κ3) is 3.99. The zero-order valence-electron chi connectivity index (χ0n) is 15.3. The molecular weight excluding hydrogens is 412 g/mol. The van der Waals surface area contributed by atoms with Crippen LogP contribution in [-0.4, -0.2) is 11.8 Å². The summed E-state index contributed by atoms with van der Waals surface area (Å²) in [6.45, 7) is 2.22. The molecule has 1 atom stereocenters. The van der Waals surface area contributed by atoms with Crippen molar-refractivity contribution in [2.75, 3.05) is 10.6 Å². The maximum Gasteiger partial charge on any atom is 0.266 e. The van der Waals surface area contributed by atoms with Crippen LogP contribution in [-0.2, 0) is 12.8 Å². The smallest absolute Gasteiger partial charge is 0.266 e. The van der Waals surface area contributed by atoms with Crippen LogP contribution < -0.4 is 10.6 Å². The number of nitrogens with one attached hydrogen (secondary N) is 2. The molecule has 0 spiro atoms. The van der Waals surface area contributed by atoms with Crippen molar-refractivity contribution >= 4 is 56.8 Å². The van der Waals surface area contributed by atoms with Gasteiger partial charge in [0, 0.05) is 15.6 Å². The van der Waals surface area contributed by atoms with Crippen LogP contribution in [0, 0.1) is 5.92 Å². The van der Waals surface area contributed by atoms with Gasteiger partial charge in [-0.1, -0.05) is 24.6 Å². The lowest BCUT2D eigenvalue weighted by molar-refractivity contribution is 0.102. The Morgan fingerprint density at radius 1 is 1.11 bits per heavy atom. The van der Waals surface area contributed by atoms with E-state index in [1.807, 2.05) is 11.4 Å². The lowest BCUT2D eigenvalue weighted by Gasteiger charge is -2.18. The molecule has 0 unspecified atom stereocenters. The topological polar surface area (TPSA) is 58.2 Å². The summed E-state index contributed by atoms with van der Waals surface area (Å²) in [6.07, 6.45) is 2.84. The molecule has 0 saturated carbocycles. The number of rotatable bonds is 4. The van der Waals surface area contributed by atoms with Crippen molar-refractivity contribution in [3.63, 3.8) is 0 Å². The molecule has 2 aromatic heterocycles. The molecule has 2 amide bonds. The lowest BCUT2D eigenvalue weighted by atomic mass is 9.88. The zero-order valence-corrected chi connectivity index (χ0v) is 17.6. The number of hydrogen-bond donors (Lipinski definition) is 2. The highest BCUT2D eigenvalue weighted by atomic mass is 35.5. The van der Waals surface area contributed by atoms with Crippen molar-refractivity contribution < 1.29 is 9.59 Å². The first-order chi connectivity index (χ1) is 13.5. The second-order valence-corrected chi connectivity index (χ2v) is 9.44. The van der Waals surface area contributed by atoms with E-state index in [9.17, 15) is 9.59 Å². The number of fused-ring (bicyclic) bond motifs is 1. The Kier molecular flexibility index (Phi) is 5.53. The standard InChI is InChI=1S/C21H19ClN2O2S2/c1-12-4-9-15-17(11-12)28-21(24-19(25)16-3-2-10-27-16)18(15)20(26)23-14-7-5-13(22)6-8-14/h2-3,5-8,10,12H,4,9,11H2,1H3,(H,23,26)(H,24,25)/t12-/m1/s1. The normalized spacial score (nSPS) is 15.7. The van der Waals surface area contributed by atoms with Crippen molar-refractivity contribution in [1.82, 2.24) is 0 Å². The summed E-state index contributed by atoms with van der Waals surface area (Å²) in [4.78, 5) is 27.5. The third-order valence-corrected chi connectivity index (χ3v) is 7.10. The van der Waals surface area contributed by atoms with Crippen LogP contribution in [0.15, 0.2) is 41.8 Å². The molecule has 1 aliphatic rings. The molecule has 7 heteroatoms. The summed E-state index contributed by atoms with van der Waals surface area (Å²) in [5, 5.41) is 9.02. The predicted octanol–water partition coefficient (Wildman–Crippen LogP) is 6.09. The maximum absolute atomic E-state index is 13.1. The summed E-state index contributed by atoms with van der Waals surface area (Å²) in [5.41, 5.74) is 2.33. The minimum atomic E-state index is -0.198. The summed E-state index contributed by atoms with van der Waals surface area (Å²) < 4.78 is 0. The molecule has 2 N–H and O–H groups in total. The van der Waals surface area contributed by atoms with Gasteiger partial charge in [-0.2, -0.15) is 0 Å². The molecule has 0 radical (unpaired) electrons. The van der Waals surface area contributed by atoms with Crippen LogP contribution in [0.2, 0.25) is 5.02 Å². The maximum atomic E-state index is 13.1. The molecular formula is C21H19ClN2O2S2. The molecule has 3 aromatic rings. The molecule has 4 rings (SSSR count). The van der Waals surface area contributed by atoms with E-state index in [1.54, 1.807) is 30.3 Å². The molecule has 28 heavy (non-hydrogen) atoms. The molecule has 1 aromatic carbocycles. The Labute approximate surface area is 176 Å². The fourth-order valence-electron chi connectivity index (χ4n) is 3.38. The average molecular weight is 431 g/mol. The van der Waals surface area contributed by atoms with Crippen LogP contribution in [0.3, 0.4) is 0 Å². The number of amides is 2. The van der Waals surface area contributed by atoms with Gasteiger partial charge in [0.05, 0.1) is 10.4 Å². The van der Waals surface area contributed by atoms with E-state index in [-0.39, 0.29) is 11.8 Å². The fourth-order valence-corrected chi connectivity index (χ4v) is 5.53. The second-order valence-electron chi connectivity index (χ2n) is 6.95. The average Bonchev–Trinajstić information content (AvgIpc) is 3.31. The summed E-state index contributed by atoms with van der Waals surface area (Å²) in [6, 6.07) is 10.6. The number of anilines is 2. The summed E-state index contributed by atoms with van der Waals surface area (Å²) in [5.74, 6) is 0.206. The predicted molar refractivity (Wildman–Crippen MR) is 117 cm³/mol. The van der Waals surface area contributed by atoms with E-state index in [2.05, 4.69) is 17.6 Å². The minimum absolute atomic E-state index is 0.179. The number of halogens is 1. The van der Waals surface area contributed by atoms with Gasteiger partial charge in [-0.25, -0.2) is 0 Å². The molecule has 144 valence electrons. The van der Waals surface area contributed by atoms with Gasteiger partial charge in [-0.15, -0.1) is 22.7 Å². The third-order valence-electron chi connectivity index (χ3n) is 4.81. The highest BCUT2D eigenvalue weighted by Gasteiger charge is 2.28. The Bertz CT molecular complexity index is 1010. The molecule has 0 saturated heterocycles. The van der Waals surface area contributed by atoms with Crippen molar-refractivity contribution in [2.45, 2.75) is 26.2 Å². The van der Waals surface area contributed by atoms with E-state index in [1.165, 1.54) is 27.6 Å². The number of hydrogen-bond acceptors (Lipinski definition) is 4.